The van der Waals surface area contributed by atoms with E-state index in [1.807, 2.05) is 20.0 Å². The minimum atomic E-state index is 1.23. The predicted molar refractivity (Wildman–Crippen MR) is 52.3 cm³/mol. The topological polar surface area (TPSA) is 12.9 Å². The summed E-state index contributed by atoms with van der Waals surface area (Å²) in [6.07, 6.45) is 5.75. The van der Waals surface area contributed by atoms with Gasteiger partial charge in [-0.2, -0.15) is 0 Å². The highest BCUT2D eigenvalue weighted by molar-refractivity contribution is 5.32. The molecule has 1 aromatic rings. The van der Waals surface area contributed by atoms with Crippen LogP contribution in [0.25, 0.3) is 0 Å². The van der Waals surface area contributed by atoms with Crippen LogP contribution in [0.4, 0.5) is 0 Å². The van der Waals surface area contributed by atoms with E-state index in [1.165, 1.54) is 36.1 Å². The maximum atomic E-state index is 4.25. The number of aromatic nitrogens is 1. The summed E-state index contributed by atoms with van der Waals surface area (Å²) in [7, 11) is 0. The van der Waals surface area contributed by atoms with Gasteiger partial charge in [-0.25, -0.2) is 0 Å². The van der Waals surface area contributed by atoms with E-state index in [2.05, 4.69) is 18.0 Å². The van der Waals surface area contributed by atoms with E-state index < -0.39 is 0 Å². The summed E-state index contributed by atoms with van der Waals surface area (Å²) >= 11 is 0. The van der Waals surface area contributed by atoms with Gasteiger partial charge in [-0.3, -0.25) is 4.98 Å². The van der Waals surface area contributed by atoms with Gasteiger partial charge in [-0.05, 0) is 43.4 Å². The van der Waals surface area contributed by atoms with Gasteiger partial charge < -0.3 is 0 Å². The molecule has 0 spiro atoms. The summed E-state index contributed by atoms with van der Waals surface area (Å²) in [6.45, 7) is 6.10. The van der Waals surface area contributed by atoms with E-state index in [0.29, 0.717) is 0 Å². The Balaban J connectivity index is 0.000000336. The smallest absolute Gasteiger partial charge is 0.0407 e. The summed E-state index contributed by atoms with van der Waals surface area (Å²) in [5.41, 5.74) is 4.25. The number of hydrogen-bond donors (Lipinski definition) is 0. The Morgan fingerprint density at radius 2 is 2.00 bits per heavy atom. The van der Waals surface area contributed by atoms with E-state index in [4.69, 9.17) is 0 Å². The summed E-state index contributed by atoms with van der Waals surface area (Å²) in [6, 6.07) is 2.15. The lowest BCUT2D eigenvalue weighted by Crippen LogP contribution is -1.89. The van der Waals surface area contributed by atoms with Crippen molar-refractivity contribution in [3.8, 4) is 0 Å². The molecule has 1 heterocycles. The Morgan fingerprint density at radius 1 is 1.25 bits per heavy atom. The van der Waals surface area contributed by atoms with Crippen molar-refractivity contribution in [3.63, 3.8) is 0 Å². The molecule has 0 amide bonds. The molecule has 0 aliphatic heterocycles. The van der Waals surface area contributed by atoms with Crippen molar-refractivity contribution < 1.29 is 0 Å². The van der Waals surface area contributed by atoms with E-state index in [9.17, 15) is 0 Å². The zero-order valence-corrected chi connectivity index (χ0v) is 8.22. The monoisotopic (exact) mass is 163 g/mol. The highest BCUT2D eigenvalue weighted by Crippen LogP contribution is 2.22. The molecule has 0 radical (unpaired) electrons. The zero-order valence-electron chi connectivity index (χ0n) is 8.22. The minimum Gasteiger partial charge on any atom is -0.261 e. The summed E-state index contributed by atoms with van der Waals surface area (Å²) in [5, 5.41) is 0. The quantitative estimate of drug-likeness (QED) is 0.573. The molecule has 1 aromatic heterocycles. The molecule has 1 nitrogen and oxygen atoms in total. The van der Waals surface area contributed by atoms with Crippen LogP contribution < -0.4 is 0 Å². The molecule has 2 rings (SSSR count). The van der Waals surface area contributed by atoms with Gasteiger partial charge in [0.1, 0.15) is 0 Å². The molecule has 0 saturated heterocycles. The first-order valence-corrected chi connectivity index (χ1v) is 4.81. The van der Waals surface area contributed by atoms with Gasteiger partial charge in [0.25, 0.3) is 0 Å². The van der Waals surface area contributed by atoms with Gasteiger partial charge in [0.05, 0.1) is 0 Å². The van der Waals surface area contributed by atoms with Crippen LogP contribution >= 0.6 is 0 Å². The summed E-state index contributed by atoms with van der Waals surface area (Å²) < 4.78 is 0. The van der Waals surface area contributed by atoms with Crippen molar-refractivity contribution in [1.82, 2.24) is 4.98 Å². The first-order valence-electron chi connectivity index (χ1n) is 4.81. The summed E-state index contributed by atoms with van der Waals surface area (Å²) in [4.78, 5) is 4.25. The number of aryl methyl sites for hydroxylation is 2. The molecule has 0 N–H and O–H groups in total. The molecular formula is C11H17N. The molecule has 1 aliphatic rings. The average molecular weight is 163 g/mol. The van der Waals surface area contributed by atoms with Crippen LogP contribution in [-0.4, -0.2) is 4.98 Å². The lowest BCUT2D eigenvalue weighted by Gasteiger charge is -1.99. The van der Waals surface area contributed by atoms with Gasteiger partial charge in [-0.1, -0.05) is 13.8 Å². The number of hydrogen-bond acceptors (Lipinski definition) is 1. The van der Waals surface area contributed by atoms with Crippen LogP contribution in [-0.2, 0) is 12.8 Å². The normalized spacial score (nSPS) is 13.2. The first kappa shape index (κ1) is 9.24. The first-order chi connectivity index (χ1) is 5.88. The number of rotatable bonds is 0. The molecular weight excluding hydrogens is 146 g/mol. The SMILES string of the molecule is CC.Cc1nccc2c1CCC2. The molecule has 12 heavy (non-hydrogen) atoms. The van der Waals surface area contributed by atoms with E-state index >= 15 is 0 Å². The number of pyridine rings is 1. The Hall–Kier alpha value is -0.850. The van der Waals surface area contributed by atoms with Crippen molar-refractivity contribution in [2.45, 2.75) is 40.0 Å². The van der Waals surface area contributed by atoms with Crippen LogP contribution in [0.3, 0.4) is 0 Å². The van der Waals surface area contributed by atoms with Gasteiger partial charge in [0.2, 0.25) is 0 Å². The summed E-state index contributed by atoms with van der Waals surface area (Å²) in [5.74, 6) is 0. The Kier molecular flexibility index (Phi) is 3.27. The predicted octanol–water partition coefficient (Wildman–Crippen LogP) is 2.90. The fourth-order valence-corrected chi connectivity index (χ4v) is 1.68. The molecule has 0 fully saturated rings. The molecule has 0 aromatic carbocycles. The second kappa shape index (κ2) is 4.24. The highest BCUT2D eigenvalue weighted by atomic mass is 14.7. The zero-order chi connectivity index (χ0) is 8.97. The second-order valence-corrected chi connectivity index (χ2v) is 2.89. The van der Waals surface area contributed by atoms with Gasteiger partial charge in [0.15, 0.2) is 0 Å². The molecule has 0 bridgehead atoms. The van der Waals surface area contributed by atoms with Gasteiger partial charge in [-0.15, -0.1) is 0 Å². The van der Waals surface area contributed by atoms with Crippen LogP contribution in [0, 0.1) is 6.92 Å². The lowest BCUT2D eigenvalue weighted by molar-refractivity contribution is 0.907. The molecule has 0 saturated carbocycles. The molecule has 0 atom stereocenters. The molecule has 0 unspecified atom stereocenters. The maximum Gasteiger partial charge on any atom is 0.0407 e. The average Bonchev–Trinajstić information content (AvgIpc) is 2.57. The Labute approximate surface area is 74.8 Å². The largest absolute Gasteiger partial charge is 0.261 e. The molecule has 66 valence electrons. The minimum absolute atomic E-state index is 1.23. The van der Waals surface area contributed by atoms with E-state index in [0.717, 1.165) is 0 Å². The highest BCUT2D eigenvalue weighted by Gasteiger charge is 2.11. The van der Waals surface area contributed by atoms with Crippen molar-refractivity contribution in [2.75, 3.05) is 0 Å². The van der Waals surface area contributed by atoms with Crippen molar-refractivity contribution >= 4 is 0 Å². The third kappa shape index (κ3) is 1.66. The third-order valence-corrected chi connectivity index (χ3v) is 2.24. The standard InChI is InChI=1S/C9H11N.C2H6/c1-7-9-4-2-3-8(9)5-6-10-7;1-2/h5-6H,2-4H2,1H3;1-2H3. The third-order valence-electron chi connectivity index (χ3n) is 2.24. The molecule has 1 aliphatic carbocycles. The van der Waals surface area contributed by atoms with Crippen molar-refractivity contribution in [1.29, 1.82) is 0 Å². The molecule has 1 heteroatoms. The maximum absolute atomic E-state index is 4.25. The van der Waals surface area contributed by atoms with E-state index in [-0.39, 0.29) is 0 Å². The van der Waals surface area contributed by atoms with Crippen molar-refractivity contribution in [3.05, 3.63) is 29.1 Å². The van der Waals surface area contributed by atoms with Gasteiger partial charge >= 0.3 is 0 Å². The van der Waals surface area contributed by atoms with Gasteiger partial charge in [0, 0.05) is 11.9 Å². The number of fused-ring (bicyclic) bond motifs is 1. The van der Waals surface area contributed by atoms with Crippen LogP contribution in [0.2, 0.25) is 0 Å². The van der Waals surface area contributed by atoms with Crippen LogP contribution in [0.15, 0.2) is 12.3 Å². The fourth-order valence-electron chi connectivity index (χ4n) is 1.68. The Morgan fingerprint density at radius 3 is 2.67 bits per heavy atom. The lowest BCUT2D eigenvalue weighted by atomic mass is 10.1. The second-order valence-electron chi connectivity index (χ2n) is 2.89. The fraction of sp³-hybridized carbons (Fsp3) is 0.545. The Bertz CT molecular complexity index is 253. The number of nitrogens with zero attached hydrogens (tertiary/aromatic N) is 1. The van der Waals surface area contributed by atoms with Crippen LogP contribution in [0.1, 0.15) is 37.1 Å². The van der Waals surface area contributed by atoms with Crippen molar-refractivity contribution in [2.24, 2.45) is 0 Å². The van der Waals surface area contributed by atoms with Crippen LogP contribution in [0.5, 0.6) is 0 Å². The van der Waals surface area contributed by atoms with E-state index in [1.54, 1.807) is 0 Å².